The molecule has 1 heterocycles. The summed E-state index contributed by atoms with van der Waals surface area (Å²) in [5.74, 6) is 0.848. The van der Waals surface area contributed by atoms with E-state index in [0.29, 0.717) is 40.8 Å². The van der Waals surface area contributed by atoms with Crippen molar-refractivity contribution in [2.45, 2.75) is 13.0 Å². The lowest BCUT2D eigenvalue weighted by Crippen LogP contribution is -2.18. The summed E-state index contributed by atoms with van der Waals surface area (Å²) in [5, 5.41) is 6.89. The van der Waals surface area contributed by atoms with Crippen LogP contribution >= 0.6 is 0 Å². The second-order valence-corrected chi connectivity index (χ2v) is 6.90. The summed E-state index contributed by atoms with van der Waals surface area (Å²) in [4.78, 5) is 24.0. The topological polar surface area (TPSA) is 118 Å². The highest BCUT2D eigenvalue weighted by Gasteiger charge is 2.14. The number of ether oxygens (including phenoxy) is 3. The molecule has 0 aliphatic heterocycles. The van der Waals surface area contributed by atoms with Gasteiger partial charge in [0.2, 0.25) is 5.91 Å². The summed E-state index contributed by atoms with van der Waals surface area (Å²) in [6, 6.07) is 12.9. The first-order valence-electron chi connectivity index (χ1n) is 9.53. The first-order chi connectivity index (χ1) is 14.8. The molecule has 0 saturated carbocycles. The molecule has 162 valence electrons. The molecule has 3 aromatic rings. The molecule has 0 bridgehead atoms. The van der Waals surface area contributed by atoms with Crippen molar-refractivity contribution in [2.75, 3.05) is 19.0 Å². The summed E-state index contributed by atoms with van der Waals surface area (Å²) < 4.78 is 18.4. The van der Waals surface area contributed by atoms with Gasteiger partial charge in [-0.3, -0.25) is 14.3 Å². The number of methoxy groups -OCH3 is 1. The Labute approximate surface area is 179 Å². The zero-order valence-corrected chi connectivity index (χ0v) is 17.5. The van der Waals surface area contributed by atoms with E-state index >= 15 is 0 Å². The zero-order chi connectivity index (χ0) is 22.4. The molecule has 0 spiro atoms. The molecule has 2 aromatic carbocycles. The van der Waals surface area contributed by atoms with E-state index in [2.05, 4.69) is 10.4 Å². The van der Waals surface area contributed by atoms with Crippen LogP contribution in [0.5, 0.6) is 17.2 Å². The number of carbonyl (C=O) groups excluding carboxylic acids is 2. The minimum atomic E-state index is -0.525. The van der Waals surface area contributed by atoms with E-state index in [1.54, 1.807) is 73.6 Å². The number of anilines is 1. The van der Waals surface area contributed by atoms with Crippen LogP contribution in [0.15, 0.2) is 54.7 Å². The third-order valence-electron chi connectivity index (χ3n) is 4.21. The highest BCUT2D eigenvalue weighted by molar-refractivity contribution is 6.04. The Hall–Kier alpha value is -3.85. The largest absolute Gasteiger partial charge is 0.488 e. The molecule has 0 radical (unpaired) electrons. The lowest BCUT2D eigenvalue weighted by Gasteiger charge is -2.16. The molecule has 0 unspecified atom stereocenters. The summed E-state index contributed by atoms with van der Waals surface area (Å²) >= 11 is 0. The molecule has 0 aliphatic rings. The van der Waals surface area contributed by atoms with Gasteiger partial charge in [-0.25, -0.2) is 0 Å². The van der Waals surface area contributed by atoms with E-state index < -0.39 is 5.91 Å². The number of amides is 2. The lowest BCUT2D eigenvalue weighted by molar-refractivity contribution is 0.0915. The van der Waals surface area contributed by atoms with Gasteiger partial charge in [0.1, 0.15) is 23.4 Å². The Morgan fingerprint density at radius 3 is 2.39 bits per heavy atom. The van der Waals surface area contributed by atoms with E-state index in [-0.39, 0.29) is 12.0 Å². The molecule has 3 N–H and O–H groups in total. The van der Waals surface area contributed by atoms with E-state index in [9.17, 15) is 9.59 Å². The number of nitrogens with zero attached hydrogens (tertiary/aromatic N) is 2. The van der Waals surface area contributed by atoms with Gasteiger partial charge in [-0.15, -0.1) is 0 Å². The molecule has 9 heteroatoms. The smallest absolute Gasteiger partial charge is 0.257 e. The summed E-state index contributed by atoms with van der Waals surface area (Å²) in [6.07, 6.45) is 1.49. The highest BCUT2D eigenvalue weighted by atomic mass is 16.5. The van der Waals surface area contributed by atoms with Gasteiger partial charge in [0.15, 0.2) is 5.82 Å². The average Bonchev–Trinajstić information content (AvgIpc) is 3.13. The summed E-state index contributed by atoms with van der Waals surface area (Å²) in [6.45, 7) is 2.24. The third kappa shape index (κ3) is 6.06. The van der Waals surface area contributed by atoms with Crippen LogP contribution in [0.1, 0.15) is 27.6 Å². The van der Waals surface area contributed by atoms with Gasteiger partial charge >= 0.3 is 0 Å². The van der Waals surface area contributed by atoms with Crippen LogP contribution in [0.3, 0.4) is 0 Å². The summed E-state index contributed by atoms with van der Waals surface area (Å²) in [5.41, 5.74) is 5.97. The Morgan fingerprint density at radius 2 is 1.77 bits per heavy atom. The number of rotatable bonds is 9. The molecule has 1 aromatic heterocycles. The standard InChI is InChI=1S/C22H24N4O5/c1-14(13-29-3)30-18-10-16(22(28)24-20-8-9-26(2)25-20)11-19(12-18)31-17-6-4-15(5-7-17)21(23)27/h4-12,14H,13H2,1-3H3,(H2,23,27)(H,24,25,28)/t14-/m0/s1. The maximum Gasteiger partial charge on any atom is 0.257 e. The number of aromatic nitrogens is 2. The fourth-order valence-electron chi connectivity index (χ4n) is 2.82. The molecule has 31 heavy (non-hydrogen) atoms. The van der Waals surface area contributed by atoms with Gasteiger partial charge in [0.25, 0.3) is 5.91 Å². The molecular weight excluding hydrogens is 400 g/mol. The quantitative estimate of drug-likeness (QED) is 0.545. The SMILES string of the molecule is COC[C@H](C)Oc1cc(Oc2ccc(C(N)=O)cc2)cc(C(=O)Nc2ccn(C)n2)c1. The van der Waals surface area contributed by atoms with Gasteiger partial charge in [-0.1, -0.05) is 0 Å². The first-order valence-corrected chi connectivity index (χ1v) is 9.53. The predicted octanol–water partition coefficient (Wildman–Crippen LogP) is 2.98. The number of hydrogen-bond acceptors (Lipinski definition) is 6. The molecule has 9 nitrogen and oxygen atoms in total. The molecular formula is C22H24N4O5. The number of aryl methyl sites for hydroxylation is 1. The highest BCUT2D eigenvalue weighted by Crippen LogP contribution is 2.29. The Bertz CT molecular complexity index is 1060. The third-order valence-corrected chi connectivity index (χ3v) is 4.21. The normalized spacial score (nSPS) is 11.6. The van der Waals surface area contributed by atoms with Crippen molar-refractivity contribution in [2.24, 2.45) is 12.8 Å². The fraction of sp³-hybridized carbons (Fsp3) is 0.227. The monoisotopic (exact) mass is 424 g/mol. The second-order valence-electron chi connectivity index (χ2n) is 6.90. The van der Waals surface area contributed by atoms with E-state index in [1.165, 1.54) is 0 Å². The van der Waals surface area contributed by atoms with Crippen LogP contribution in [0.4, 0.5) is 5.82 Å². The fourth-order valence-corrected chi connectivity index (χ4v) is 2.82. The van der Waals surface area contributed by atoms with E-state index in [0.717, 1.165) is 0 Å². The van der Waals surface area contributed by atoms with E-state index in [4.69, 9.17) is 19.9 Å². The molecule has 2 amide bonds. The Kier molecular flexibility index (Phi) is 6.88. The van der Waals surface area contributed by atoms with Gasteiger partial charge in [-0.2, -0.15) is 5.10 Å². The minimum absolute atomic E-state index is 0.234. The number of nitrogens with one attached hydrogen (secondary N) is 1. The summed E-state index contributed by atoms with van der Waals surface area (Å²) in [7, 11) is 3.34. The maximum absolute atomic E-state index is 12.8. The van der Waals surface area contributed by atoms with Gasteiger partial charge in [0.05, 0.1) is 6.61 Å². The second kappa shape index (κ2) is 9.77. The van der Waals surface area contributed by atoms with Crippen LogP contribution < -0.4 is 20.5 Å². The molecule has 1 atom stereocenters. The van der Waals surface area contributed by atoms with Gasteiger partial charge < -0.3 is 25.3 Å². The van der Waals surface area contributed by atoms with Gasteiger partial charge in [0, 0.05) is 43.6 Å². The van der Waals surface area contributed by atoms with Gasteiger partial charge in [-0.05, 0) is 43.3 Å². The molecule has 0 fully saturated rings. The number of nitrogens with two attached hydrogens (primary N) is 1. The predicted molar refractivity (Wildman–Crippen MR) is 115 cm³/mol. The van der Waals surface area contributed by atoms with Crippen molar-refractivity contribution >= 4 is 17.6 Å². The first kappa shape index (κ1) is 21.8. The number of primary amides is 1. The van der Waals surface area contributed by atoms with Crippen LogP contribution in [0, 0.1) is 0 Å². The average molecular weight is 424 g/mol. The van der Waals surface area contributed by atoms with Crippen molar-refractivity contribution < 1.29 is 23.8 Å². The molecule has 3 rings (SSSR count). The van der Waals surface area contributed by atoms with E-state index in [1.807, 2.05) is 6.92 Å². The van der Waals surface area contributed by atoms with Crippen molar-refractivity contribution in [3.8, 4) is 17.2 Å². The maximum atomic E-state index is 12.8. The van der Waals surface area contributed by atoms with Crippen LogP contribution in [0.2, 0.25) is 0 Å². The molecule has 0 saturated heterocycles. The lowest BCUT2D eigenvalue weighted by atomic mass is 10.1. The number of hydrogen-bond donors (Lipinski definition) is 2. The number of benzene rings is 2. The van der Waals surface area contributed by atoms with Crippen LogP contribution in [-0.4, -0.2) is 41.4 Å². The van der Waals surface area contributed by atoms with Crippen molar-refractivity contribution in [1.29, 1.82) is 0 Å². The molecule has 0 aliphatic carbocycles. The van der Waals surface area contributed by atoms with Crippen LogP contribution in [0.25, 0.3) is 0 Å². The van der Waals surface area contributed by atoms with Crippen molar-refractivity contribution in [3.05, 3.63) is 65.9 Å². The zero-order valence-electron chi connectivity index (χ0n) is 17.5. The van der Waals surface area contributed by atoms with Crippen molar-refractivity contribution in [3.63, 3.8) is 0 Å². The Morgan fingerprint density at radius 1 is 1.06 bits per heavy atom. The Balaban J connectivity index is 1.86. The number of carbonyl (C=O) groups is 2. The minimum Gasteiger partial charge on any atom is -0.488 e. The van der Waals surface area contributed by atoms with Crippen LogP contribution in [-0.2, 0) is 11.8 Å². The van der Waals surface area contributed by atoms with Crippen molar-refractivity contribution in [1.82, 2.24) is 9.78 Å².